The van der Waals surface area contributed by atoms with Gasteiger partial charge in [0.15, 0.2) is 0 Å². The summed E-state index contributed by atoms with van der Waals surface area (Å²) in [7, 11) is 1.67. The number of nitrogens with one attached hydrogen (secondary N) is 1. The molecule has 0 radical (unpaired) electrons. The van der Waals surface area contributed by atoms with E-state index in [4.69, 9.17) is 0 Å². The first-order valence-electron chi connectivity index (χ1n) is 9.12. The first kappa shape index (κ1) is 18.0. The molecule has 3 aromatic rings. The quantitative estimate of drug-likeness (QED) is 0.712. The summed E-state index contributed by atoms with van der Waals surface area (Å²) < 4.78 is 3.24. The molecule has 1 amide bonds. The summed E-state index contributed by atoms with van der Waals surface area (Å²) in [6.07, 6.45) is 2.79. The number of H-pyrrole nitrogens is 1. The summed E-state index contributed by atoms with van der Waals surface area (Å²) in [5, 5.41) is 13.4. The van der Waals surface area contributed by atoms with E-state index >= 15 is 0 Å². The molecular formula is C19H21N5O4. The van der Waals surface area contributed by atoms with E-state index in [1.165, 1.54) is 10.8 Å². The second kappa shape index (κ2) is 6.66. The van der Waals surface area contributed by atoms with Gasteiger partial charge in [0, 0.05) is 25.7 Å². The van der Waals surface area contributed by atoms with Gasteiger partial charge in [-0.25, -0.2) is 9.59 Å². The number of aryl methyl sites for hydroxylation is 1. The largest absolute Gasteiger partial charge is 0.478 e. The molecule has 2 N–H and O–H groups in total. The third kappa shape index (κ3) is 2.88. The average Bonchev–Trinajstić information content (AvgIpc) is 3.21. The highest BCUT2D eigenvalue weighted by molar-refractivity contribution is 5.97. The van der Waals surface area contributed by atoms with Crippen molar-refractivity contribution in [3.05, 3.63) is 51.7 Å². The molecule has 0 bridgehead atoms. The predicted octanol–water partition coefficient (Wildman–Crippen LogP) is 1.55. The van der Waals surface area contributed by atoms with Gasteiger partial charge >= 0.3 is 11.7 Å². The SMILES string of the molecule is Cc1c(C(=O)O)cnn1C1CCN(C(=O)c2ccc3[nH]c(=O)n(C)c3c2)CC1. The number of carbonyl (C=O) groups is 2. The molecule has 9 heteroatoms. The highest BCUT2D eigenvalue weighted by Gasteiger charge is 2.27. The molecule has 0 atom stereocenters. The maximum Gasteiger partial charge on any atom is 0.339 e. The van der Waals surface area contributed by atoms with E-state index < -0.39 is 5.97 Å². The molecule has 0 saturated carbocycles. The van der Waals surface area contributed by atoms with Crippen molar-refractivity contribution in [2.24, 2.45) is 7.05 Å². The number of fused-ring (bicyclic) bond motifs is 1. The number of piperidine rings is 1. The van der Waals surface area contributed by atoms with Gasteiger partial charge < -0.3 is 15.0 Å². The van der Waals surface area contributed by atoms with E-state index in [2.05, 4.69) is 10.1 Å². The molecular weight excluding hydrogens is 362 g/mol. The molecule has 9 nitrogen and oxygen atoms in total. The molecule has 0 spiro atoms. The number of benzene rings is 1. The lowest BCUT2D eigenvalue weighted by Gasteiger charge is -2.32. The minimum atomic E-state index is -0.981. The Balaban J connectivity index is 1.49. The van der Waals surface area contributed by atoms with Crippen molar-refractivity contribution in [1.29, 1.82) is 0 Å². The summed E-state index contributed by atoms with van der Waals surface area (Å²) in [6, 6.07) is 5.28. The van der Waals surface area contributed by atoms with Crippen LogP contribution in [0.3, 0.4) is 0 Å². The summed E-state index contributed by atoms with van der Waals surface area (Å²) in [5.41, 5.74) is 2.57. The number of hydrogen-bond donors (Lipinski definition) is 2. The number of hydrogen-bond acceptors (Lipinski definition) is 4. The number of nitrogens with zero attached hydrogens (tertiary/aromatic N) is 4. The molecule has 1 aliphatic rings. The highest BCUT2D eigenvalue weighted by Crippen LogP contribution is 2.26. The first-order chi connectivity index (χ1) is 13.4. The standard InChI is InChI=1S/C19H21N5O4/c1-11-14(18(26)27)10-20-24(11)13-5-7-23(8-6-13)17(25)12-3-4-15-16(9-12)22(2)19(28)21-15/h3-4,9-10,13H,5-8H2,1-2H3,(H,21,28)(H,26,27). The van der Waals surface area contributed by atoms with Crippen molar-refractivity contribution in [1.82, 2.24) is 24.2 Å². The van der Waals surface area contributed by atoms with Gasteiger partial charge in [0.1, 0.15) is 5.56 Å². The number of aromatic carboxylic acids is 1. The number of rotatable bonds is 3. The normalized spacial score (nSPS) is 15.3. The molecule has 4 rings (SSSR count). The topological polar surface area (TPSA) is 113 Å². The lowest BCUT2D eigenvalue weighted by atomic mass is 10.0. The summed E-state index contributed by atoms with van der Waals surface area (Å²) in [4.78, 5) is 40.4. The molecule has 3 heterocycles. The molecule has 1 fully saturated rings. The van der Waals surface area contributed by atoms with Crippen LogP contribution in [0.2, 0.25) is 0 Å². The Morgan fingerprint density at radius 2 is 1.96 bits per heavy atom. The highest BCUT2D eigenvalue weighted by atomic mass is 16.4. The molecule has 146 valence electrons. The van der Waals surface area contributed by atoms with Gasteiger partial charge in [-0.3, -0.25) is 14.0 Å². The zero-order valence-corrected chi connectivity index (χ0v) is 15.7. The van der Waals surface area contributed by atoms with E-state index in [0.717, 1.165) is 0 Å². The maximum absolute atomic E-state index is 12.9. The number of aromatic amines is 1. The van der Waals surface area contributed by atoms with Crippen LogP contribution < -0.4 is 5.69 Å². The van der Waals surface area contributed by atoms with Crippen LogP contribution in [0.1, 0.15) is 45.3 Å². The van der Waals surface area contributed by atoms with E-state index in [9.17, 15) is 19.5 Å². The van der Waals surface area contributed by atoms with Gasteiger partial charge in [-0.05, 0) is 38.0 Å². The second-order valence-corrected chi connectivity index (χ2v) is 7.14. The number of imidazole rings is 1. The average molecular weight is 383 g/mol. The molecule has 2 aromatic heterocycles. The Bertz CT molecular complexity index is 1130. The summed E-state index contributed by atoms with van der Waals surface area (Å²) >= 11 is 0. The third-order valence-corrected chi connectivity index (χ3v) is 5.52. The van der Waals surface area contributed by atoms with Gasteiger partial charge in [-0.1, -0.05) is 0 Å². The van der Waals surface area contributed by atoms with Crippen molar-refractivity contribution in [3.63, 3.8) is 0 Å². The monoisotopic (exact) mass is 383 g/mol. The van der Waals surface area contributed by atoms with Crippen LogP contribution in [-0.2, 0) is 7.05 Å². The fraction of sp³-hybridized carbons (Fsp3) is 0.368. The first-order valence-corrected chi connectivity index (χ1v) is 9.12. The van der Waals surface area contributed by atoms with Gasteiger partial charge in [-0.2, -0.15) is 5.10 Å². The molecule has 1 aromatic carbocycles. The second-order valence-electron chi connectivity index (χ2n) is 7.14. The smallest absolute Gasteiger partial charge is 0.339 e. The Hall–Kier alpha value is -3.36. The number of amides is 1. The minimum absolute atomic E-state index is 0.0718. The number of carboxylic acid groups (broad SMARTS) is 1. The predicted molar refractivity (Wildman–Crippen MR) is 102 cm³/mol. The van der Waals surface area contributed by atoms with E-state index in [1.807, 2.05) is 0 Å². The van der Waals surface area contributed by atoms with E-state index in [1.54, 1.807) is 41.8 Å². The lowest BCUT2D eigenvalue weighted by Crippen LogP contribution is -2.39. The zero-order valence-electron chi connectivity index (χ0n) is 15.7. The van der Waals surface area contributed by atoms with Crippen LogP contribution >= 0.6 is 0 Å². The number of likely N-dealkylation sites (tertiary alicyclic amines) is 1. The van der Waals surface area contributed by atoms with Crippen LogP contribution in [-0.4, -0.2) is 54.3 Å². The van der Waals surface area contributed by atoms with Crippen LogP contribution in [0, 0.1) is 6.92 Å². The number of aromatic nitrogens is 4. The number of carboxylic acids is 1. The Labute approximate surface area is 160 Å². The summed E-state index contributed by atoms with van der Waals surface area (Å²) in [5.74, 6) is -1.05. The van der Waals surface area contributed by atoms with Crippen LogP contribution in [0.5, 0.6) is 0 Å². The summed E-state index contributed by atoms with van der Waals surface area (Å²) in [6.45, 7) is 2.88. The number of carbonyl (C=O) groups excluding carboxylic acids is 1. The zero-order chi connectivity index (χ0) is 20.0. The maximum atomic E-state index is 12.9. The van der Waals surface area contributed by atoms with Gasteiger partial charge in [0.05, 0.1) is 29.0 Å². The van der Waals surface area contributed by atoms with Gasteiger partial charge in [0.2, 0.25) is 0 Å². The molecule has 1 aliphatic heterocycles. The van der Waals surface area contributed by atoms with Gasteiger partial charge in [0.25, 0.3) is 5.91 Å². The van der Waals surface area contributed by atoms with Crippen molar-refractivity contribution in [2.75, 3.05) is 13.1 Å². The van der Waals surface area contributed by atoms with Crippen LogP contribution in [0.25, 0.3) is 11.0 Å². The molecule has 0 aliphatic carbocycles. The Morgan fingerprint density at radius 3 is 2.61 bits per heavy atom. The lowest BCUT2D eigenvalue weighted by molar-refractivity contribution is 0.0688. The van der Waals surface area contributed by atoms with Crippen molar-refractivity contribution in [2.45, 2.75) is 25.8 Å². The fourth-order valence-corrected chi connectivity index (χ4v) is 3.85. The van der Waals surface area contributed by atoms with Crippen LogP contribution in [0.4, 0.5) is 0 Å². The Kier molecular flexibility index (Phi) is 4.29. The van der Waals surface area contributed by atoms with E-state index in [0.29, 0.717) is 48.2 Å². The van der Waals surface area contributed by atoms with E-state index in [-0.39, 0.29) is 23.2 Å². The minimum Gasteiger partial charge on any atom is -0.478 e. The third-order valence-electron chi connectivity index (χ3n) is 5.52. The molecule has 28 heavy (non-hydrogen) atoms. The molecule has 0 unspecified atom stereocenters. The van der Waals surface area contributed by atoms with Crippen molar-refractivity contribution in [3.8, 4) is 0 Å². The molecule has 1 saturated heterocycles. The van der Waals surface area contributed by atoms with Crippen LogP contribution in [0.15, 0.2) is 29.2 Å². The van der Waals surface area contributed by atoms with Crippen molar-refractivity contribution >= 4 is 22.9 Å². The van der Waals surface area contributed by atoms with Gasteiger partial charge in [-0.15, -0.1) is 0 Å². The Morgan fingerprint density at radius 1 is 1.25 bits per heavy atom. The fourth-order valence-electron chi connectivity index (χ4n) is 3.85. The van der Waals surface area contributed by atoms with Crippen molar-refractivity contribution < 1.29 is 14.7 Å².